The molecule has 0 bridgehead atoms. The second-order valence-corrected chi connectivity index (χ2v) is 5.80. The number of carbonyl (C=O) groups excluding carboxylic acids is 1. The van der Waals surface area contributed by atoms with Crippen molar-refractivity contribution in [2.45, 2.75) is 19.4 Å². The van der Waals surface area contributed by atoms with Crippen LogP contribution < -0.4 is 5.32 Å². The van der Waals surface area contributed by atoms with E-state index in [0.29, 0.717) is 24.9 Å². The third-order valence-corrected chi connectivity index (χ3v) is 4.00. The summed E-state index contributed by atoms with van der Waals surface area (Å²) in [5.74, 6) is -1.43. The number of hydrogen-bond acceptors (Lipinski definition) is 5. The molecule has 2 aromatic rings. The third-order valence-electron chi connectivity index (χ3n) is 4.00. The highest BCUT2D eigenvalue weighted by atomic mass is 19.1. The largest absolute Gasteiger partial charge is 0.481 e. The van der Waals surface area contributed by atoms with Gasteiger partial charge in [0.05, 0.1) is 12.5 Å². The molecular weight excluding hydrogens is 331 g/mol. The van der Waals surface area contributed by atoms with Gasteiger partial charge in [-0.05, 0) is 25.0 Å². The van der Waals surface area contributed by atoms with E-state index >= 15 is 0 Å². The standard InChI is InChI=1S/C16H17FN4O4/c17-12-5-1-3-10(7-12)14-19-13(25-20-14)8-18-16(24)21-6-2-4-11(9-21)15(22)23/h1,3,5,7,11H,2,4,6,8-9H2,(H,18,24)(H,22,23). The summed E-state index contributed by atoms with van der Waals surface area (Å²) in [5.41, 5.74) is 0.474. The molecule has 2 heterocycles. The molecule has 2 N–H and O–H groups in total. The summed E-state index contributed by atoms with van der Waals surface area (Å²) in [7, 11) is 0. The molecule has 8 nitrogen and oxygen atoms in total. The molecule has 25 heavy (non-hydrogen) atoms. The van der Waals surface area contributed by atoms with Crippen LogP contribution in [-0.2, 0) is 11.3 Å². The fourth-order valence-corrected chi connectivity index (χ4v) is 2.70. The average Bonchev–Trinajstić information content (AvgIpc) is 3.09. The first-order valence-corrected chi connectivity index (χ1v) is 7.87. The maximum Gasteiger partial charge on any atom is 0.317 e. The number of nitrogens with one attached hydrogen (secondary N) is 1. The van der Waals surface area contributed by atoms with Gasteiger partial charge in [-0.1, -0.05) is 17.3 Å². The molecule has 0 saturated carbocycles. The van der Waals surface area contributed by atoms with Gasteiger partial charge >= 0.3 is 12.0 Å². The maximum absolute atomic E-state index is 13.2. The summed E-state index contributed by atoms with van der Waals surface area (Å²) in [6, 6.07) is 5.41. The molecule has 1 fully saturated rings. The molecule has 132 valence electrons. The normalized spacial score (nSPS) is 17.3. The second-order valence-electron chi connectivity index (χ2n) is 5.80. The van der Waals surface area contributed by atoms with Crippen LogP contribution in [0.4, 0.5) is 9.18 Å². The Bertz CT molecular complexity index is 779. The monoisotopic (exact) mass is 348 g/mol. The lowest BCUT2D eigenvalue weighted by molar-refractivity contribution is -0.143. The number of aliphatic carboxylic acids is 1. The minimum atomic E-state index is -0.894. The molecule has 0 spiro atoms. The Morgan fingerprint density at radius 2 is 2.28 bits per heavy atom. The molecule has 1 atom stereocenters. The first-order valence-electron chi connectivity index (χ1n) is 7.87. The number of carboxylic acid groups (broad SMARTS) is 1. The van der Waals surface area contributed by atoms with Crippen LogP contribution in [0.3, 0.4) is 0 Å². The molecule has 2 amide bonds. The first-order chi connectivity index (χ1) is 12.0. The molecule has 1 unspecified atom stereocenters. The zero-order chi connectivity index (χ0) is 17.8. The Balaban J connectivity index is 1.57. The zero-order valence-electron chi connectivity index (χ0n) is 13.3. The van der Waals surface area contributed by atoms with Crippen LogP contribution in [-0.4, -0.2) is 45.2 Å². The summed E-state index contributed by atoms with van der Waals surface area (Å²) in [5, 5.41) is 15.4. The number of likely N-dealkylation sites (tertiary alicyclic amines) is 1. The fraction of sp³-hybridized carbons (Fsp3) is 0.375. The van der Waals surface area contributed by atoms with Crippen molar-refractivity contribution in [3.8, 4) is 11.4 Å². The fourth-order valence-electron chi connectivity index (χ4n) is 2.70. The van der Waals surface area contributed by atoms with Crippen LogP contribution in [0.1, 0.15) is 18.7 Å². The van der Waals surface area contributed by atoms with E-state index < -0.39 is 17.7 Å². The quantitative estimate of drug-likeness (QED) is 0.873. The summed E-state index contributed by atoms with van der Waals surface area (Å²) in [6.45, 7) is 0.697. The summed E-state index contributed by atoms with van der Waals surface area (Å²) >= 11 is 0. The summed E-state index contributed by atoms with van der Waals surface area (Å²) in [4.78, 5) is 28.8. The molecule has 1 saturated heterocycles. The van der Waals surface area contributed by atoms with Gasteiger partial charge in [0.25, 0.3) is 0 Å². The van der Waals surface area contributed by atoms with E-state index in [9.17, 15) is 14.0 Å². The lowest BCUT2D eigenvalue weighted by atomic mass is 9.99. The van der Waals surface area contributed by atoms with E-state index in [-0.39, 0.29) is 30.8 Å². The van der Waals surface area contributed by atoms with Gasteiger partial charge < -0.3 is 19.8 Å². The number of amides is 2. The van der Waals surface area contributed by atoms with Crippen molar-refractivity contribution in [2.24, 2.45) is 5.92 Å². The Morgan fingerprint density at radius 1 is 1.44 bits per heavy atom. The van der Waals surface area contributed by atoms with Crippen LogP contribution in [0.25, 0.3) is 11.4 Å². The molecule has 1 aliphatic rings. The van der Waals surface area contributed by atoms with Crippen molar-refractivity contribution < 1.29 is 23.6 Å². The second kappa shape index (κ2) is 7.29. The number of halogens is 1. The summed E-state index contributed by atoms with van der Waals surface area (Å²) in [6.07, 6.45) is 1.22. The van der Waals surface area contributed by atoms with Gasteiger partial charge in [0.1, 0.15) is 5.82 Å². The predicted octanol–water partition coefficient (Wildman–Crippen LogP) is 1.88. The van der Waals surface area contributed by atoms with Crippen LogP contribution in [0, 0.1) is 11.7 Å². The predicted molar refractivity (Wildman–Crippen MR) is 83.9 cm³/mol. The number of nitrogens with zero attached hydrogens (tertiary/aromatic N) is 3. The molecule has 9 heteroatoms. The Morgan fingerprint density at radius 3 is 3.04 bits per heavy atom. The van der Waals surface area contributed by atoms with E-state index in [1.807, 2.05) is 0 Å². The van der Waals surface area contributed by atoms with Crippen molar-refractivity contribution in [3.05, 3.63) is 36.0 Å². The molecule has 1 aliphatic heterocycles. The summed E-state index contributed by atoms with van der Waals surface area (Å²) < 4.78 is 18.3. The van der Waals surface area contributed by atoms with Crippen LogP contribution in [0.5, 0.6) is 0 Å². The average molecular weight is 348 g/mol. The molecule has 1 aromatic carbocycles. The SMILES string of the molecule is O=C(O)C1CCCN(C(=O)NCc2nc(-c3cccc(F)c3)no2)C1. The number of benzene rings is 1. The molecule has 0 aliphatic carbocycles. The third kappa shape index (κ3) is 4.11. The highest BCUT2D eigenvalue weighted by molar-refractivity contribution is 5.76. The van der Waals surface area contributed by atoms with Crippen LogP contribution in [0.2, 0.25) is 0 Å². The lowest BCUT2D eigenvalue weighted by Gasteiger charge is -2.30. The van der Waals surface area contributed by atoms with Crippen molar-refractivity contribution in [3.63, 3.8) is 0 Å². The van der Waals surface area contributed by atoms with Crippen LogP contribution >= 0.6 is 0 Å². The molecule has 1 aromatic heterocycles. The van der Waals surface area contributed by atoms with Gasteiger partial charge in [-0.2, -0.15) is 4.98 Å². The Labute approximate surface area is 142 Å². The minimum Gasteiger partial charge on any atom is -0.481 e. The van der Waals surface area contributed by atoms with Gasteiger partial charge in [-0.15, -0.1) is 0 Å². The van der Waals surface area contributed by atoms with Crippen LogP contribution in [0.15, 0.2) is 28.8 Å². The van der Waals surface area contributed by atoms with Gasteiger partial charge in [-0.25, -0.2) is 9.18 Å². The van der Waals surface area contributed by atoms with Gasteiger partial charge in [-0.3, -0.25) is 4.79 Å². The maximum atomic E-state index is 13.2. The van der Waals surface area contributed by atoms with E-state index in [1.54, 1.807) is 6.07 Å². The molecule has 3 rings (SSSR count). The van der Waals surface area contributed by atoms with E-state index in [4.69, 9.17) is 9.63 Å². The Hall–Kier alpha value is -2.97. The number of hydrogen-bond donors (Lipinski definition) is 2. The highest BCUT2D eigenvalue weighted by Gasteiger charge is 2.28. The number of urea groups is 1. The topological polar surface area (TPSA) is 109 Å². The number of carbonyl (C=O) groups is 2. The van der Waals surface area contributed by atoms with Crippen molar-refractivity contribution in [1.82, 2.24) is 20.4 Å². The van der Waals surface area contributed by atoms with Gasteiger partial charge in [0, 0.05) is 18.7 Å². The molecular formula is C16H17FN4O4. The minimum absolute atomic E-state index is 0.00931. The van der Waals surface area contributed by atoms with E-state index in [2.05, 4.69) is 15.5 Å². The molecule has 0 radical (unpaired) electrons. The van der Waals surface area contributed by atoms with E-state index in [1.165, 1.54) is 23.1 Å². The van der Waals surface area contributed by atoms with Crippen molar-refractivity contribution in [1.29, 1.82) is 0 Å². The number of carboxylic acids is 1. The van der Waals surface area contributed by atoms with Crippen molar-refractivity contribution >= 4 is 12.0 Å². The number of aromatic nitrogens is 2. The highest BCUT2D eigenvalue weighted by Crippen LogP contribution is 2.18. The van der Waals surface area contributed by atoms with Crippen molar-refractivity contribution in [2.75, 3.05) is 13.1 Å². The smallest absolute Gasteiger partial charge is 0.317 e. The number of rotatable bonds is 4. The van der Waals surface area contributed by atoms with E-state index in [0.717, 1.165) is 0 Å². The zero-order valence-corrected chi connectivity index (χ0v) is 13.3. The first kappa shape index (κ1) is 16.9. The number of piperidine rings is 1. The lowest BCUT2D eigenvalue weighted by Crippen LogP contribution is -2.46. The van der Waals surface area contributed by atoms with Gasteiger partial charge in [0.15, 0.2) is 0 Å². The van der Waals surface area contributed by atoms with Gasteiger partial charge in [0.2, 0.25) is 11.7 Å². The Kier molecular flexibility index (Phi) is 4.92.